The summed E-state index contributed by atoms with van der Waals surface area (Å²) in [6.45, 7) is 13.7. The molecule has 0 aliphatic heterocycles. The standard InChI is InChI=1S/C32H33/c1-31(2,3)28-21-12-10-17-24(28)26-19-14-20-27(30(26)23-15-8-7-9-16-23)25-18-11-13-22-29(25)32(4,5)6/h7-19,21-22H,1-6H3. The highest BCUT2D eigenvalue weighted by atomic mass is 14.3. The fourth-order valence-electron chi connectivity index (χ4n) is 4.57. The first-order valence-electron chi connectivity index (χ1n) is 11.5. The smallest absolute Gasteiger partial charge is 0.00174 e. The molecule has 0 N–H and O–H groups in total. The Labute approximate surface area is 194 Å². The van der Waals surface area contributed by atoms with Gasteiger partial charge in [-0.1, -0.05) is 133 Å². The predicted octanol–water partition coefficient (Wildman–Crippen LogP) is 9.08. The van der Waals surface area contributed by atoms with Crippen LogP contribution in [0.1, 0.15) is 52.7 Å². The van der Waals surface area contributed by atoms with Crippen LogP contribution >= 0.6 is 0 Å². The van der Waals surface area contributed by atoms with E-state index < -0.39 is 0 Å². The van der Waals surface area contributed by atoms with Crippen molar-refractivity contribution in [2.75, 3.05) is 0 Å². The predicted molar refractivity (Wildman–Crippen MR) is 139 cm³/mol. The van der Waals surface area contributed by atoms with Gasteiger partial charge in [-0.2, -0.15) is 0 Å². The second kappa shape index (κ2) is 8.43. The summed E-state index contributed by atoms with van der Waals surface area (Å²) in [6.07, 6.45) is 0. The lowest BCUT2D eigenvalue weighted by molar-refractivity contribution is 0.592. The number of rotatable bonds is 3. The molecule has 4 aromatic rings. The molecule has 0 amide bonds. The van der Waals surface area contributed by atoms with E-state index in [0.717, 1.165) is 0 Å². The van der Waals surface area contributed by atoms with Gasteiger partial charge in [0.05, 0.1) is 0 Å². The Bertz CT molecular complexity index is 1140. The van der Waals surface area contributed by atoms with Gasteiger partial charge in [0.25, 0.3) is 0 Å². The van der Waals surface area contributed by atoms with E-state index in [1.807, 2.05) is 0 Å². The second-order valence-corrected chi connectivity index (χ2v) is 10.6. The number of benzene rings is 4. The highest BCUT2D eigenvalue weighted by Crippen LogP contribution is 2.44. The van der Waals surface area contributed by atoms with E-state index in [-0.39, 0.29) is 10.8 Å². The molecular formula is C32H33. The number of hydrogen-bond donors (Lipinski definition) is 0. The molecule has 0 fully saturated rings. The first-order chi connectivity index (χ1) is 15.2. The first-order valence-corrected chi connectivity index (χ1v) is 11.5. The molecule has 0 saturated carbocycles. The van der Waals surface area contributed by atoms with E-state index in [4.69, 9.17) is 0 Å². The van der Waals surface area contributed by atoms with Gasteiger partial charge in [0, 0.05) is 0 Å². The third kappa shape index (κ3) is 4.28. The molecule has 0 unspecified atom stereocenters. The third-order valence-corrected chi connectivity index (χ3v) is 6.09. The Kier molecular flexibility index (Phi) is 5.82. The van der Waals surface area contributed by atoms with Crippen LogP contribution in [0.3, 0.4) is 0 Å². The molecule has 0 aliphatic carbocycles. The van der Waals surface area contributed by atoms with Crippen molar-refractivity contribution in [3.8, 4) is 33.4 Å². The second-order valence-electron chi connectivity index (χ2n) is 10.6. The highest BCUT2D eigenvalue weighted by molar-refractivity contribution is 5.95. The molecule has 32 heavy (non-hydrogen) atoms. The molecule has 4 aromatic carbocycles. The van der Waals surface area contributed by atoms with Crippen molar-refractivity contribution >= 4 is 0 Å². The van der Waals surface area contributed by atoms with Crippen molar-refractivity contribution in [3.63, 3.8) is 0 Å². The SMILES string of the molecule is CC(C)(C)c1ccccc1-c1[c]ccc(-c2ccccc2C(C)(C)C)c1-c1ccccc1. The van der Waals surface area contributed by atoms with Gasteiger partial charge in [-0.15, -0.1) is 0 Å². The molecule has 0 aliphatic rings. The van der Waals surface area contributed by atoms with Crippen LogP contribution in [0.2, 0.25) is 0 Å². The van der Waals surface area contributed by atoms with Crippen LogP contribution in [0.15, 0.2) is 91.0 Å². The topological polar surface area (TPSA) is 0 Å². The van der Waals surface area contributed by atoms with Gasteiger partial charge in [-0.05, 0) is 61.4 Å². The van der Waals surface area contributed by atoms with Gasteiger partial charge in [-0.25, -0.2) is 0 Å². The third-order valence-electron chi connectivity index (χ3n) is 6.09. The van der Waals surface area contributed by atoms with E-state index in [9.17, 15) is 0 Å². The minimum absolute atomic E-state index is 0.0394. The summed E-state index contributed by atoms with van der Waals surface area (Å²) in [6, 6.07) is 36.4. The van der Waals surface area contributed by atoms with Gasteiger partial charge < -0.3 is 0 Å². The zero-order valence-electron chi connectivity index (χ0n) is 20.2. The van der Waals surface area contributed by atoms with E-state index >= 15 is 0 Å². The van der Waals surface area contributed by atoms with E-state index in [2.05, 4.69) is 139 Å². The molecule has 0 nitrogen and oxygen atoms in total. The Morgan fingerprint density at radius 1 is 0.500 bits per heavy atom. The zero-order valence-corrected chi connectivity index (χ0v) is 20.2. The van der Waals surface area contributed by atoms with Crippen LogP contribution in [-0.4, -0.2) is 0 Å². The molecule has 0 heterocycles. The maximum atomic E-state index is 3.63. The maximum Gasteiger partial charge on any atom is -0.00174 e. The Balaban J connectivity index is 2.10. The molecule has 0 saturated heterocycles. The summed E-state index contributed by atoms with van der Waals surface area (Å²) in [5, 5.41) is 0. The summed E-state index contributed by atoms with van der Waals surface area (Å²) in [5.41, 5.74) is 10.3. The Morgan fingerprint density at radius 3 is 1.59 bits per heavy atom. The molecule has 0 atom stereocenters. The van der Waals surface area contributed by atoms with E-state index in [1.165, 1.54) is 44.5 Å². The van der Waals surface area contributed by atoms with Crippen molar-refractivity contribution in [3.05, 3.63) is 108 Å². The summed E-state index contributed by atoms with van der Waals surface area (Å²) in [7, 11) is 0. The lowest BCUT2D eigenvalue weighted by atomic mass is 9.77. The lowest BCUT2D eigenvalue weighted by Crippen LogP contribution is -2.13. The first kappa shape index (κ1) is 22.1. The van der Waals surface area contributed by atoms with Gasteiger partial charge in [0.1, 0.15) is 0 Å². The fourth-order valence-corrected chi connectivity index (χ4v) is 4.57. The Hall–Kier alpha value is -3.12. The molecule has 0 bridgehead atoms. The quantitative estimate of drug-likeness (QED) is 0.312. The molecule has 0 spiro atoms. The van der Waals surface area contributed by atoms with Gasteiger partial charge in [0.15, 0.2) is 0 Å². The van der Waals surface area contributed by atoms with Crippen LogP contribution < -0.4 is 0 Å². The van der Waals surface area contributed by atoms with Gasteiger partial charge in [0.2, 0.25) is 0 Å². The van der Waals surface area contributed by atoms with Crippen molar-refractivity contribution in [1.29, 1.82) is 0 Å². The summed E-state index contributed by atoms with van der Waals surface area (Å²) >= 11 is 0. The minimum atomic E-state index is 0.0394. The summed E-state index contributed by atoms with van der Waals surface area (Å²) < 4.78 is 0. The van der Waals surface area contributed by atoms with Crippen molar-refractivity contribution in [2.24, 2.45) is 0 Å². The average molecular weight is 418 g/mol. The molecule has 0 aromatic heterocycles. The number of hydrogen-bond acceptors (Lipinski definition) is 0. The monoisotopic (exact) mass is 417 g/mol. The minimum Gasteiger partial charge on any atom is -0.0622 e. The molecular weight excluding hydrogens is 384 g/mol. The van der Waals surface area contributed by atoms with E-state index in [0.29, 0.717) is 0 Å². The van der Waals surface area contributed by atoms with Crippen LogP contribution in [0.25, 0.3) is 33.4 Å². The summed E-state index contributed by atoms with van der Waals surface area (Å²) in [5.74, 6) is 0. The highest BCUT2D eigenvalue weighted by Gasteiger charge is 2.24. The van der Waals surface area contributed by atoms with Crippen molar-refractivity contribution < 1.29 is 0 Å². The van der Waals surface area contributed by atoms with Crippen LogP contribution in [0.5, 0.6) is 0 Å². The van der Waals surface area contributed by atoms with Gasteiger partial charge >= 0.3 is 0 Å². The zero-order chi connectivity index (χ0) is 22.9. The molecule has 0 heteroatoms. The fraction of sp³-hybridized carbons (Fsp3) is 0.250. The normalized spacial score (nSPS) is 12.1. The lowest BCUT2D eigenvalue weighted by Gasteiger charge is -2.27. The van der Waals surface area contributed by atoms with E-state index in [1.54, 1.807) is 0 Å². The maximum absolute atomic E-state index is 3.63. The summed E-state index contributed by atoms with van der Waals surface area (Å²) in [4.78, 5) is 0. The van der Waals surface area contributed by atoms with Crippen LogP contribution in [0.4, 0.5) is 0 Å². The van der Waals surface area contributed by atoms with Crippen LogP contribution in [0, 0.1) is 6.07 Å². The molecule has 161 valence electrons. The molecule has 1 radical (unpaired) electrons. The average Bonchev–Trinajstić information content (AvgIpc) is 2.78. The Morgan fingerprint density at radius 2 is 1.00 bits per heavy atom. The van der Waals surface area contributed by atoms with Crippen molar-refractivity contribution in [1.82, 2.24) is 0 Å². The van der Waals surface area contributed by atoms with Gasteiger partial charge in [-0.3, -0.25) is 0 Å². The van der Waals surface area contributed by atoms with Crippen LogP contribution in [-0.2, 0) is 10.8 Å². The molecule has 4 rings (SSSR count). The largest absolute Gasteiger partial charge is 0.0622 e. The van der Waals surface area contributed by atoms with Crippen molar-refractivity contribution in [2.45, 2.75) is 52.4 Å².